The van der Waals surface area contributed by atoms with Crippen LogP contribution in [0, 0.1) is 0 Å². The molecule has 0 saturated carbocycles. The van der Waals surface area contributed by atoms with Crippen molar-refractivity contribution in [2.24, 2.45) is 5.10 Å². The van der Waals surface area contributed by atoms with Crippen LogP contribution in [0.2, 0.25) is 0 Å². The standard InChI is InChI=1S/C13H15N7O/c1-10(7-8-11-5-3-2-4-6-11)15-16-12(21)9-20-18-13(14)17-19-20/h2-8H,9H2,1H3,(H2,14,18)(H,16,21)/b8-7+,15-10+. The second kappa shape index (κ2) is 6.94. The van der Waals surface area contributed by atoms with Gasteiger partial charge >= 0.3 is 0 Å². The molecule has 2 rings (SSSR count). The molecule has 0 spiro atoms. The molecule has 21 heavy (non-hydrogen) atoms. The van der Waals surface area contributed by atoms with E-state index >= 15 is 0 Å². The van der Waals surface area contributed by atoms with Crippen LogP contribution in [-0.4, -0.2) is 31.8 Å². The van der Waals surface area contributed by atoms with Crippen molar-refractivity contribution < 1.29 is 4.79 Å². The average molecular weight is 285 g/mol. The molecular formula is C13H15N7O. The fourth-order valence-corrected chi connectivity index (χ4v) is 1.46. The second-order valence-corrected chi connectivity index (χ2v) is 4.21. The van der Waals surface area contributed by atoms with Crippen LogP contribution in [0.3, 0.4) is 0 Å². The first kappa shape index (κ1) is 14.4. The smallest absolute Gasteiger partial charge is 0.263 e. The third-order valence-corrected chi connectivity index (χ3v) is 2.43. The van der Waals surface area contributed by atoms with E-state index in [0.29, 0.717) is 5.71 Å². The summed E-state index contributed by atoms with van der Waals surface area (Å²) < 4.78 is 0. The van der Waals surface area contributed by atoms with Crippen molar-refractivity contribution in [3.8, 4) is 0 Å². The van der Waals surface area contributed by atoms with Crippen LogP contribution >= 0.6 is 0 Å². The fourth-order valence-electron chi connectivity index (χ4n) is 1.46. The van der Waals surface area contributed by atoms with Crippen LogP contribution in [0.5, 0.6) is 0 Å². The number of allylic oxidation sites excluding steroid dienone is 1. The molecule has 0 radical (unpaired) electrons. The summed E-state index contributed by atoms with van der Waals surface area (Å²) in [5, 5.41) is 14.7. The van der Waals surface area contributed by atoms with E-state index in [2.05, 4.69) is 25.9 Å². The summed E-state index contributed by atoms with van der Waals surface area (Å²) in [5.74, 6) is -0.340. The molecule has 0 fully saturated rings. The number of hydrazone groups is 1. The number of tetrazole rings is 1. The zero-order valence-electron chi connectivity index (χ0n) is 11.5. The first-order valence-electron chi connectivity index (χ1n) is 6.23. The van der Waals surface area contributed by atoms with E-state index in [0.717, 1.165) is 10.4 Å². The molecule has 108 valence electrons. The first-order chi connectivity index (χ1) is 10.1. The SMILES string of the molecule is CC(/C=C/c1ccccc1)=N\NC(=O)Cn1nnc(N)n1. The van der Waals surface area contributed by atoms with E-state index in [9.17, 15) is 4.79 Å². The maximum Gasteiger partial charge on any atom is 0.263 e. The number of amides is 1. The minimum Gasteiger partial charge on any atom is -0.365 e. The minimum atomic E-state index is -0.361. The molecule has 0 saturated heterocycles. The van der Waals surface area contributed by atoms with Crippen molar-refractivity contribution >= 4 is 23.6 Å². The van der Waals surface area contributed by atoms with Gasteiger partial charge in [0, 0.05) is 0 Å². The highest BCUT2D eigenvalue weighted by Crippen LogP contribution is 2.00. The minimum absolute atomic E-state index is 0.0216. The fraction of sp³-hybridized carbons (Fsp3) is 0.154. The molecule has 1 amide bonds. The highest BCUT2D eigenvalue weighted by Gasteiger charge is 2.04. The van der Waals surface area contributed by atoms with E-state index in [-0.39, 0.29) is 18.4 Å². The molecule has 0 atom stereocenters. The van der Waals surface area contributed by atoms with Crippen LogP contribution < -0.4 is 11.2 Å². The summed E-state index contributed by atoms with van der Waals surface area (Å²) in [5.41, 5.74) is 9.42. The summed E-state index contributed by atoms with van der Waals surface area (Å²) >= 11 is 0. The van der Waals surface area contributed by atoms with Gasteiger partial charge in [-0.25, -0.2) is 5.43 Å². The predicted molar refractivity (Wildman–Crippen MR) is 79.0 cm³/mol. The van der Waals surface area contributed by atoms with Gasteiger partial charge in [0.2, 0.25) is 0 Å². The topological polar surface area (TPSA) is 111 Å². The van der Waals surface area contributed by atoms with Gasteiger partial charge in [0.15, 0.2) is 0 Å². The van der Waals surface area contributed by atoms with Crippen molar-refractivity contribution in [1.82, 2.24) is 25.6 Å². The number of nitrogens with one attached hydrogen (secondary N) is 1. The largest absolute Gasteiger partial charge is 0.365 e. The third-order valence-electron chi connectivity index (χ3n) is 2.43. The molecule has 0 aliphatic heterocycles. The lowest BCUT2D eigenvalue weighted by Crippen LogP contribution is -2.25. The quantitative estimate of drug-likeness (QED) is 0.612. The number of anilines is 1. The molecule has 0 unspecified atom stereocenters. The van der Waals surface area contributed by atoms with Gasteiger partial charge in [-0.1, -0.05) is 41.5 Å². The van der Waals surface area contributed by atoms with E-state index in [4.69, 9.17) is 5.73 Å². The third kappa shape index (κ3) is 4.86. The molecule has 1 heterocycles. The van der Waals surface area contributed by atoms with Gasteiger partial charge in [-0.3, -0.25) is 4.79 Å². The molecule has 0 bridgehead atoms. The van der Waals surface area contributed by atoms with Crippen LogP contribution in [0.1, 0.15) is 12.5 Å². The Morgan fingerprint density at radius 3 is 2.86 bits per heavy atom. The van der Waals surface area contributed by atoms with Gasteiger partial charge in [-0.05, 0) is 23.8 Å². The second-order valence-electron chi connectivity index (χ2n) is 4.21. The zero-order valence-corrected chi connectivity index (χ0v) is 11.5. The van der Waals surface area contributed by atoms with Crippen molar-refractivity contribution in [1.29, 1.82) is 0 Å². The summed E-state index contributed by atoms with van der Waals surface area (Å²) in [6.45, 7) is 1.69. The zero-order chi connectivity index (χ0) is 15.1. The van der Waals surface area contributed by atoms with Crippen LogP contribution in [0.4, 0.5) is 5.95 Å². The molecule has 2 aromatic rings. The molecule has 3 N–H and O–H groups in total. The van der Waals surface area contributed by atoms with E-state index in [1.165, 1.54) is 0 Å². The molecule has 1 aromatic heterocycles. The Hall–Kier alpha value is -3.03. The van der Waals surface area contributed by atoms with Gasteiger partial charge in [0.25, 0.3) is 11.9 Å². The number of nitrogens with two attached hydrogens (primary N) is 1. The molecule has 8 nitrogen and oxygen atoms in total. The number of benzene rings is 1. The summed E-state index contributed by atoms with van der Waals surface area (Å²) in [7, 11) is 0. The average Bonchev–Trinajstić information content (AvgIpc) is 2.89. The molecule has 0 aliphatic carbocycles. The number of hydrogen-bond donors (Lipinski definition) is 2. The number of hydrogen-bond acceptors (Lipinski definition) is 6. The Morgan fingerprint density at radius 1 is 1.43 bits per heavy atom. The summed E-state index contributed by atoms with van der Waals surface area (Å²) in [6.07, 6.45) is 3.71. The van der Waals surface area contributed by atoms with Crippen molar-refractivity contribution in [3.05, 3.63) is 42.0 Å². The highest BCUT2D eigenvalue weighted by atomic mass is 16.2. The first-order valence-corrected chi connectivity index (χ1v) is 6.23. The van der Waals surface area contributed by atoms with Gasteiger partial charge in [0.1, 0.15) is 6.54 Å². The van der Waals surface area contributed by atoms with Crippen LogP contribution in [0.25, 0.3) is 6.08 Å². The number of aromatic nitrogens is 4. The molecular weight excluding hydrogens is 270 g/mol. The monoisotopic (exact) mass is 285 g/mol. The lowest BCUT2D eigenvalue weighted by atomic mass is 10.2. The maximum absolute atomic E-state index is 11.6. The number of nitrogen functional groups attached to an aromatic ring is 1. The van der Waals surface area contributed by atoms with Gasteiger partial charge in [0.05, 0.1) is 5.71 Å². The van der Waals surface area contributed by atoms with Gasteiger partial charge in [-0.2, -0.15) is 9.90 Å². The van der Waals surface area contributed by atoms with Gasteiger partial charge < -0.3 is 5.73 Å². The molecule has 8 heteroatoms. The lowest BCUT2D eigenvalue weighted by Gasteiger charge is -1.99. The number of rotatable bonds is 5. The van der Waals surface area contributed by atoms with Crippen LogP contribution in [-0.2, 0) is 11.3 Å². The Morgan fingerprint density at radius 2 is 2.19 bits per heavy atom. The highest BCUT2D eigenvalue weighted by molar-refractivity contribution is 5.96. The van der Waals surface area contributed by atoms with Crippen molar-refractivity contribution in [2.45, 2.75) is 13.5 Å². The Labute approximate surface area is 121 Å². The summed E-state index contributed by atoms with van der Waals surface area (Å²) in [6, 6.07) is 9.80. The van der Waals surface area contributed by atoms with Crippen molar-refractivity contribution in [3.63, 3.8) is 0 Å². The Kier molecular flexibility index (Phi) is 4.75. The molecule has 1 aromatic carbocycles. The normalized spacial score (nSPS) is 11.8. The lowest BCUT2D eigenvalue weighted by molar-refractivity contribution is -0.122. The molecule has 0 aliphatic rings. The van der Waals surface area contributed by atoms with E-state index in [1.54, 1.807) is 13.0 Å². The Bertz CT molecular complexity index is 660. The van der Waals surface area contributed by atoms with Crippen LogP contribution in [0.15, 0.2) is 41.5 Å². The maximum atomic E-state index is 11.6. The van der Waals surface area contributed by atoms with E-state index < -0.39 is 0 Å². The number of carbonyl (C=O) groups is 1. The number of carbonyl (C=O) groups excluding carboxylic acids is 1. The van der Waals surface area contributed by atoms with Gasteiger partial charge in [-0.15, -0.1) is 5.10 Å². The van der Waals surface area contributed by atoms with E-state index in [1.807, 2.05) is 36.4 Å². The predicted octanol–water partition coefficient (Wildman–Crippen LogP) is 0.461. The Balaban J connectivity index is 1.85. The number of nitrogens with zero attached hydrogens (tertiary/aromatic N) is 5. The van der Waals surface area contributed by atoms with Crippen molar-refractivity contribution in [2.75, 3.05) is 5.73 Å². The summed E-state index contributed by atoms with van der Waals surface area (Å²) in [4.78, 5) is 12.7.